The van der Waals surface area contributed by atoms with Crippen molar-refractivity contribution in [1.82, 2.24) is 24.9 Å². The van der Waals surface area contributed by atoms with Crippen molar-refractivity contribution in [2.75, 3.05) is 34.2 Å². The molecular formula is C39H55N5O8. The zero-order valence-electron chi connectivity index (χ0n) is 32.0. The van der Waals surface area contributed by atoms with E-state index in [2.05, 4.69) is 5.32 Å². The van der Waals surface area contributed by atoms with E-state index in [1.165, 1.54) is 40.7 Å². The van der Waals surface area contributed by atoms with Gasteiger partial charge >= 0.3 is 12.1 Å². The maximum atomic E-state index is 14.0. The molecule has 0 radical (unpaired) electrons. The average Bonchev–Trinajstić information content (AvgIpc) is 3.09. The van der Waals surface area contributed by atoms with Gasteiger partial charge in [-0.1, -0.05) is 80.9 Å². The topological polar surface area (TPSA) is 146 Å². The Bertz CT molecular complexity index is 1550. The lowest BCUT2D eigenvalue weighted by atomic mass is 9.96. The third-order valence-electron chi connectivity index (χ3n) is 9.37. The van der Waals surface area contributed by atoms with Gasteiger partial charge in [0.1, 0.15) is 42.9 Å². The summed E-state index contributed by atoms with van der Waals surface area (Å²) in [7, 11) is 4.50. The molecule has 0 aliphatic carbocycles. The van der Waals surface area contributed by atoms with Gasteiger partial charge in [0.2, 0.25) is 23.6 Å². The van der Waals surface area contributed by atoms with Crippen molar-refractivity contribution in [3.8, 4) is 0 Å². The van der Waals surface area contributed by atoms with E-state index in [1.54, 1.807) is 27.7 Å². The molecule has 5 atom stereocenters. The molecule has 2 aromatic carbocycles. The zero-order chi connectivity index (χ0) is 38.7. The maximum Gasteiger partial charge on any atom is 0.408 e. The Morgan fingerprint density at radius 2 is 1.44 bits per heavy atom. The molecule has 0 spiro atoms. The quantitative estimate of drug-likeness (QED) is 0.275. The molecule has 1 fully saturated rings. The number of amides is 5. The highest BCUT2D eigenvalue weighted by atomic mass is 16.6. The largest absolute Gasteiger partial charge is 0.459 e. The normalized spacial score (nSPS) is 16.2. The summed E-state index contributed by atoms with van der Waals surface area (Å²) >= 11 is 0. The number of likely N-dealkylation sites (tertiary alicyclic amines) is 1. The van der Waals surface area contributed by atoms with E-state index in [1.807, 2.05) is 74.5 Å². The van der Waals surface area contributed by atoms with Crippen LogP contribution in [0.5, 0.6) is 0 Å². The molecule has 1 heterocycles. The van der Waals surface area contributed by atoms with Crippen LogP contribution in [0.15, 0.2) is 60.7 Å². The summed E-state index contributed by atoms with van der Waals surface area (Å²) in [6.45, 7) is 10.6. The van der Waals surface area contributed by atoms with Crippen molar-refractivity contribution in [1.29, 1.82) is 0 Å². The first-order chi connectivity index (χ1) is 24.4. The number of carbonyl (C=O) groups is 6. The van der Waals surface area contributed by atoms with Crippen LogP contribution in [-0.2, 0) is 46.5 Å². The average molecular weight is 722 g/mol. The molecule has 0 aromatic heterocycles. The Morgan fingerprint density at radius 3 is 1.96 bits per heavy atom. The summed E-state index contributed by atoms with van der Waals surface area (Å²) < 4.78 is 10.8. The SMILES string of the molecule is CC[C@H](C)[C@H](NC(=O)OCc1ccccc1)C(=O)N(C)[C@@H](C)C(=O)N1CC[C@H]1C(=O)N(C)[C@@H](Cc1ccccc1)C(=O)N(C)CC(=O)OC(C)(C)C. The van der Waals surface area contributed by atoms with E-state index < -0.39 is 65.5 Å². The second-order valence-corrected chi connectivity index (χ2v) is 14.5. The Labute approximate surface area is 307 Å². The molecule has 284 valence electrons. The minimum atomic E-state index is -0.967. The standard InChI is InChI=1S/C39H55N5O8/c1-10-26(2)33(40-38(50)51-25-29-19-15-12-16-20-29)37(49)42(8)27(3)34(46)44-22-21-30(44)36(48)43(9)31(23-28-17-13-11-14-18-28)35(47)41(7)24-32(45)52-39(4,5)6/h11-20,26-27,30-31,33H,10,21-25H2,1-9H3,(H,40,50)/t26-,27-,30-,31-,33-/m0/s1. The lowest BCUT2D eigenvalue weighted by molar-refractivity contribution is -0.162. The molecular weight excluding hydrogens is 666 g/mol. The highest BCUT2D eigenvalue weighted by Crippen LogP contribution is 2.24. The summed E-state index contributed by atoms with van der Waals surface area (Å²) in [4.78, 5) is 85.9. The lowest BCUT2D eigenvalue weighted by Crippen LogP contribution is -2.64. The van der Waals surface area contributed by atoms with E-state index in [0.717, 1.165) is 11.1 Å². The van der Waals surface area contributed by atoms with Gasteiger partial charge < -0.3 is 34.4 Å². The predicted octanol–water partition coefficient (Wildman–Crippen LogP) is 3.65. The van der Waals surface area contributed by atoms with Gasteiger partial charge in [0.25, 0.3) is 0 Å². The number of carbonyl (C=O) groups excluding carboxylic acids is 6. The van der Waals surface area contributed by atoms with Crippen molar-refractivity contribution in [3.05, 3.63) is 71.8 Å². The number of nitrogens with one attached hydrogen (secondary N) is 1. The van der Waals surface area contributed by atoms with Crippen LogP contribution in [0.1, 0.15) is 65.5 Å². The van der Waals surface area contributed by atoms with Crippen molar-refractivity contribution < 1.29 is 38.2 Å². The summed E-state index contributed by atoms with van der Waals surface area (Å²) in [6, 6.07) is 14.7. The molecule has 52 heavy (non-hydrogen) atoms. The molecule has 2 aromatic rings. The Morgan fingerprint density at radius 1 is 0.865 bits per heavy atom. The van der Waals surface area contributed by atoms with Gasteiger partial charge in [-0.2, -0.15) is 0 Å². The molecule has 0 unspecified atom stereocenters. The maximum absolute atomic E-state index is 14.0. The number of hydrogen-bond acceptors (Lipinski definition) is 8. The van der Waals surface area contributed by atoms with Gasteiger partial charge in [0.05, 0.1) is 0 Å². The molecule has 1 aliphatic heterocycles. The number of hydrogen-bond donors (Lipinski definition) is 1. The van der Waals surface area contributed by atoms with Crippen LogP contribution in [0, 0.1) is 5.92 Å². The number of alkyl carbamates (subject to hydrolysis) is 1. The van der Waals surface area contributed by atoms with Gasteiger partial charge in [-0.3, -0.25) is 24.0 Å². The second-order valence-electron chi connectivity index (χ2n) is 14.5. The first-order valence-electron chi connectivity index (χ1n) is 17.8. The molecule has 13 nitrogen and oxygen atoms in total. The van der Waals surface area contributed by atoms with E-state index >= 15 is 0 Å². The Balaban J connectivity index is 1.71. The van der Waals surface area contributed by atoms with Gasteiger partial charge in [0, 0.05) is 34.1 Å². The van der Waals surface area contributed by atoms with Gasteiger partial charge in [-0.05, 0) is 51.2 Å². The van der Waals surface area contributed by atoms with E-state index in [-0.39, 0.29) is 25.5 Å². The van der Waals surface area contributed by atoms with E-state index in [0.29, 0.717) is 19.4 Å². The molecule has 1 N–H and O–H groups in total. The molecule has 13 heteroatoms. The van der Waals surface area contributed by atoms with E-state index in [4.69, 9.17) is 9.47 Å². The molecule has 0 bridgehead atoms. The smallest absolute Gasteiger partial charge is 0.408 e. The molecule has 5 amide bonds. The minimum absolute atomic E-state index is 0.0372. The van der Waals surface area contributed by atoms with Crippen molar-refractivity contribution in [3.63, 3.8) is 0 Å². The minimum Gasteiger partial charge on any atom is -0.459 e. The number of benzene rings is 2. The van der Waals surface area contributed by atoms with E-state index in [9.17, 15) is 28.8 Å². The van der Waals surface area contributed by atoms with Gasteiger partial charge in [0.15, 0.2) is 0 Å². The molecule has 1 saturated heterocycles. The lowest BCUT2D eigenvalue weighted by Gasteiger charge is -2.45. The number of likely N-dealkylation sites (N-methyl/N-ethyl adjacent to an activating group) is 3. The van der Waals surface area contributed by atoms with Crippen LogP contribution < -0.4 is 5.32 Å². The van der Waals surface area contributed by atoms with Crippen molar-refractivity contribution >= 4 is 35.7 Å². The first kappa shape index (κ1) is 41.5. The van der Waals surface area contributed by atoms with Crippen molar-refractivity contribution in [2.45, 2.75) is 97.2 Å². The molecule has 0 saturated carbocycles. The van der Waals surface area contributed by atoms with Crippen molar-refractivity contribution in [2.24, 2.45) is 5.92 Å². The monoisotopic (exact) mass is 721 g/mol. The fourth-order valence-electron chi connectivity index (χ4n) is 5.81. The first-order valence-corrected chi connectivity index (χ1v) is 17.8. The summed E-state index contributed by atoms with van der Waals surface area (Å²) in [5, 5.41) is 2.68. The second kappa shape index (κ2) is 18.5. The number of esters is 1. The summed E-state index contributed by atoms with van der Waals surface area (Å²) in [5.41, 5.74) is 0.885. The summed E-state index contributed by atoms with van der Waals surface area (Å²) in [5.74, 6) is -2.62. The third-order valence-corrected chi connectivity index (χ3v) is 9.37. The third kappa shape index (κ3) is 11.3. The van der Waals surface area contributed by atoms with Gasteiger partial charge in [-0.15, -0.1) is 0 Å². The van der Waals surface area contributed by atoms with Crippen LogP contribution in [0.25, 0.3) is 0 Å². The van der Waals surface area contributed by atoms with Crippen LogP contribution in [0.4, 0.5) is 4.79 Å². The van der Waals surface area contributed by atoms with Crippen LogP contribution in [-0.4, -0.2) is 119 Å². The van der Waals surface area contributed by atoms with Crippen LogP contribution >= 0.6 is 0 Å². The van der Waals surface area contributed by atoms with Crippen LogP contribution in [0.3, 0.4) is 0 Å². The summed E-state index contributed by atoms with van der Waals surface area (Å²) in [6.07, 6.45) is 0.398. The van der Waals surface area contributed by atoms with Crippen LogP contribution in [0.2, 0.25) is 0 Å². The zero-order valence-corrected chi connectivity index (χ0v) is 32.0. The van der Waals surface area contributed by atoms with Gasteiger partial charge in [-0.25, -0.2) is 4.79 Å². The Hall–Kier alpha value is -4.94. The molecule has 3 rings (SSSR count). The molecule has 1 aliphatic rings. The predicted molar refractivity (Wildman–Crippen MR) is 196 cm³/mol. The Kier molecular flexibility index (Phi) is 14.8. The number of rotatable bonds is 15. The number of ether oxygens (including phenoxy) is 2. The highest BCUT2D eigenvalue weighted by molar-refractivity contribution is 5.96. The fraction of sp³-hybridized carbons (Fsp3) is 0.538. The highest BCUT2D eigenvalue weighted by Gasteiger charge is 2.44. The number of nitrogens with zero attached hydrogens (tertiary/aromatic N) is 4. The fourth-order valence-corrected chi connectivity index (χ4v) is 5.81.